The first-order valence-corrected chi connectivity index (χ1v) is 8.93. The van der Waals surface area contributed by atoms with E-state index in [1.165, 1.54) is 7.11 Å². The Morgan fingerprint density at radius 3 is 2.70 bits per heavy atom. The molecular weight excluding hydrogens is 386 g/mol. The van der Waals surface area contributed by atoms with Gasteiger partial charge in [0.15, 0.2) is 0 Å². The van der Waals surface area contributed by atoms with Gasteiger partial charge in [-0.15, -0.1) is 0 Å². The van der Waals surface area contributed by atoms with Crippen LogP contribution in [0.4, 0.5) is 0 Å². The second-order valence-electron chi connectivity index (χ2n) is 4.60. The Balaban J connectivity index is 2.09. The van der Waals surface area contributed by atoms with E-state index in [-0.39, 0.29) is 6.10 Å². The Hall–Kier alpha value is -0.680. The lowest BCUT2D eigenvalue weighted by molar-refractivity contribution is 0.231. The summed E-state index contributed by atoms with van der Waals surface area (Å²) in [4.78, 5) is 0. The molecule has 3 nitrogen and oxygen atoms in total. The Bertz CT molecular complexity index is 661. The zero-order valence-corrected chi connectivity index (χ0v) is 14.0. The van der Waals surface area contributed by atoms with E-state index in [1.807, 2.05) is 42.5 Å². The Morgan fingerprint density at radius 2 is 2.10 bits per heavy atom. The second kappa shape index (κ2) is 5.60. The fourth-order valence-electron chi connectivity index (χ4n) is 2.41. The van der Waals surface area contributed by atoms with Gasteiger partial charge in [-0.05, 0) is 40.1 Å². The van der Waals surface area contributed by atoms with E-state index in [0.717, 1.165) is 21.1 Å². The van der Waals surface area contributed by atoms with Gasteiger partial charge in [-0.1, -0.05) is 48.6 Å². The molecule has 2 aliphatic rings. The molecule has 0 aromatic heterocycles. The predicted molar refractivity (Wildman–Crippen MR) is 88.7 cm³/mol. The topological polar surface area (TPSA) is 35.5 Å². The van der Waals surface area contributed by atoms with Crippen molar-refractivity contribution in [1.29, 1.82) is 0 Å². The fraction of sp³-hybridized carbons (Fsp3) is 0.200. The first-order valence-electron chi connectivity index (χ1n) is 6.31. The van der Waals surface area contributed by atoms with Gasteiger partial charge in [0.2, 0.25) is 0 Å². The van der Waals surface area contributed by atoms with Crippen molar-refractivity contribution in [3.8, 4) is 0 Å². The SMILES string of the molecule is COP1(=O)OC(C2=CC=CC2)C(I)=C1c1ccccc1. The van der Waals surface area contributed by atoms with Crippen LogP contribution in [0, 0.1) is 0 Å². The molecule has 2 unspecified atom stereocenters. The molecule has 20 heavy (non-hydrogen) atoms. The summed E-state index contributed by atoms with van der Waals surface area (Å²) in [5, 5.41) is 0.694. The lowest BCUT2D eigenvalue weighted by Crippen LogP contribution is -2.08. The molecule has 0 bridgehead atoms. The normalized spacial score (nSPS) is 29.1. The van der Waals surface area contributed by atoms with Gasteiger partial charge in [0.25, 0.3) is 0 Å². The monoisotopic (exact) mass is 400 g/mol. The smallest absolute Gasteiger partial charge is 0.309 e. The van der Waals surface area contributed by atoms with E-state index >= 15 is 0 Å². The van der Waals surface area contributed by atoms with Gasteiger partial charge in [0.1, 0.15) is 6.10 Å². The number of hydrogen-bond acceptors (Lipinski definition) is 3. The van der Waals surface area contributed by atoms with Crippen LogP contribution in [-0.2, 0) is 13.6 Å². The first kappa shape index (κ1) is 14.3. The van der Waals surface area contributed by atoms with Crippen molar-refractivity contribution in [2.45, 2.75) is 12.5 Å². The summed E-state index contributed by atoms with van der Waals surface area (Å²) in [6.45, 7) is 0. The van der Waals surface area contributed by atoms with Crippen molar-refractivity contribution in [2.75, 3.05) is 7.11 Å². The molecule has 1 aliphatic carbocycles. The zero-order valence-electron chi connectivity index (χ0n) is 11.0. The maximum Gasteiger partial charge on any atom is 0.363 e. The summed E-state index contributed by atoms with van der Waals surface area (Å²) in [6, 6.07) is 9.66. The van der Waals surface area contributed by atoms with Crippen LogP contribution in [0.3, 0.4) is 0 Å². The van der Waals surface area contributed by atoms with Crippen LogP contribution in [0.25, 0.3) is 5.31 Å². The molecule has 0 fully saturated rings. The molecule has 1 aromatic carbocycles. The van der Waals surface area contributed by atoms with E-state index in [2.05, 4.69) is 28.7 Å². The lowest BCUT2D eigenvalue weighted by atomic mass is 10.1. The Kier molecular flexibility index (Phi) is 4.00. The van der Waals surface area contributed by atoms with Crippen molar-refractivity contribution >= 4 is 35.5 Å². The average Bonchev–Trinajstić information content (AvgIpc) is 3.07. The highest BCUT2D eigenvalue weighted by Gasteiger charge is 2.45. The molecule has 0 saturated heterocycles. The third-order valence-electron chi connectivity index (χ3n) is 3.40. The highest BCUT2D eigenvalue weighted by atomic mass is 127. The van der Waals surface area contributed by atoms with Crippen molar-refractivity contribution in [1.82, 2.24) is 0 Å². The molecule has 0 spiro atoms. The molecule has 1 aliphatic heterocycles. The molecule has 2 atom stereocenters. The molecule has 0 saturated carbocycles. The summed E-state index contributed by atoms with van der Waals surface area (Å²) in [6.07, 6.45) is 6.67. The molecule has 3 rings (SSSR count). The lowest BCUT2D eigenvalue weighted by Gasteiger charge is -2.15. The first-order chi connectivity index (χ1) is 9.65. The third kappa shape index (κ3) is 2.35. The molecule has 1 aromatic rings. The average molecular weight is 400 g/mol. The quantitative estimate of drug-likeness (QED) is 0.534. The van der Waals surface area contributed by atoms with E-state index in [4.69, 9.17) is 9.05 Å². The van der Waals surface area contributed by atoms with E-state index in [1.54, 1.807) is 0 Å². The molecule has 0 radical (unpaired) electrons. The summed E-state index contributed by atoms with van der Waals surface area (Å²) in [7, 11) is -1.80. The fourth-order valence-corrected chi connectivity index (χ4v) is 6.07. The minimum Gasteiger partial charge on any atom is -0.309 e. The van der Waals surface area contributed by atoms with Crippen LogP contribution in [0.1, 0.15) is 12.0 Å². The molecule has 104 valence electrons. The van der Waals surface area contributed by atoms with Gasteiger partial charge < -0.3 is 4.52 Å². The Labute approximate surface area is 132 Å². The summed E-state index contributed by atoms with van der Waals surface area (Å²) >= 11 is 2.23. The second-order valence-corrected chi connectivity index (χ2v) is 7.78. The van der Waals surface area contributed by atoms with Gasteiger partial charge in [0.05, 0.1) is 5.31 Å². The van der Waals surface area contributed by atoms with Crippen molar-refractivity contribution in [2.24, 2.45) is 0 Å². The summed E-state index contributed by atoms with van der Waals surface area (Å²) < 4.78 is 24.9. The molecule has 0 amide bonds. The maximum atomic E-state index is 12.9. The van der Waals surface area contributed by atoms with Crippen LogP contribution in [0.5, 0.6) is 0 Å². The van der Waals surface area contributed by atoms with Gasteiger partial charge in [-0.3, -0.25) is 9.09 Å². The van der Waals surface area contributed by atoms with Gasteiger partial charge in [0, 0.05) is 10.7 Å². The number of halogens is 1. The minimum atomic E-state index is -3.24. The molecular formula is C15H14IO3P. The van der Waals surface area contributed by atoms with Crippen LogP contribution in [0.2, 0.25) is 0 Å². The largest absolute Gasteiger partial charge is 0.363 e. The van der Waals surface area contributed by atoms with Gasteiger partial charge >= 0.3 is 7.60 Å². The number of hydrogen-bond donors (Lipinski definition) is 0. The van der Waals surface area contributed by atoms with Crippen molar-refractivity contribution in [3.63, 3.8) is 0 Å². The van der Waals surface area contributed by atoms with Crippen LogP contribution in [-0.4, -0.2) is 13.2 Å². The Morgan fingerprint density at radius 1 is 1.35 bits per heavy atom. The van der Waals surface area contributed by atoms with Gasteiger partial charge in [-0.25, -0.2) is 0 Å². The van der Waals surface area contributed by atoms with E-state index < -0.39 is 7.60 Å². The third-order valence-corrected chi connectivity index (χ3v) is 6.95. The predicted octanol–water partition coefficient (Wildman–Crippen LogP) is 4.91. The molecule has 0 N–H and O–H groups in total. The highest BCUT2D eigenvalue weighted by molar-refractivity contribution is 14.1. The molecule has 5 heteroatoms. The van der Waals surface area contributed by atoms with E-state index in [0.29, 0.717) is 5.31 Å². The van der Waals surface area contributed by atoms with Gasteiger partial charge in [-0.2, -0.15) is 0 Å². The van der Waals surface area contributed by atoms with Crippen LogP contribution in [0.15, 0.2) is 57.7 Å². The van der Waals surface area contributed by atoms with Crippen LogP contribution < -0.4 is 0 Å². The summed E-state index contributed by atoms with van der Waals surface area (Å²) in [5.41, 5.74) is 2.02. The molecule has 1 heterocycles. The van der Waals surface area contributed by atoms with Crippen LogP contribution >= 0.6 is 30.2 Å². The standard InChI is InChI=1S/C15H14IO3P/c1-18-20(17)15(12-9-3-2-4-10-12)13(16)14(19-20)11-7-5-6-8-11/h2-7,9-10,14H,8H2,1H3. The number of benzene rings is 1. The minimum absolute atomic E-state index is 0.258. The van der Waals surface area contributed by atoms with Crippen molar-refractivity contribution in [3.05, 3.63) is 63.3 Å². The van der Waals surface area contributed by atoms with E-state index in [9.17, 15) is 4.57 Å². The number of allylic oxidation sites excluding steroid dienone is 3. The maximum absolute atomic E-state index is 12.9. The summed E-state index contributed by atoms with van der Waals surface area (Å²) in [5.74, 6) is 0. The highest BCUT2D eigenvalue weighted by Crippen LogP contribution is 2.69. The zero-order chi connectivity index (χ0) is 14.2. The van der Waals surface area contributed by atoms with Crippen molar-refractivity contribution < 1.29 is 13.6 Å². The number of rotatable bonds is 3.